The number of hydrogen-bond acceptors (Lipinski definition) is 3. The van der Waals surface area contributed by atoms with E-state index in [9.17, 15) is 5.11 Å². The summed E-state index contributed by atoms with van der Waals surface area (Å²) in [7, 11) is 0. The van der Waals surface area contributed by atoms with Crippen LogP contribution in [0.4, 0.5) is 0 Å². The average molecular weight is 357 g/mol. The van der Waals surface area contributed by atoms with Crippen LogP contribution in [0.3, 0.4) is 0 Å². The largest absolute Gasteiger partial charge is 0.508 e. The Kier molecular flexibility index (Phi) is 10.6. The molecular formula is C18H26Cl2N2O. The topological polar surface area (TPSA) is 46.0 Å². The first-order valence-electron chi connectivity index (χ1n) is 7.87. The number of aromatic nitrogens is 2. The van der Waals surface area contributed by atoms with Crippen LogP contribution in [-0.2, 0) is 0 Å². The molecule has 0 amide bonds. The van der Waals surface area contributed by atoms with Crippen molar-refractivity contribution < 1.29 is 5.11 Å². The summed E-state index contributed by atoms with van der Waals surface area (Å²) >= 11 is 0. The number of phenolic OH excluding ortho intramolecular Hbond substituents is 1. The highest BCUT2D eigenvalue weighted by atomic mass is 35.5. The average Bonchev–Trinajstić information content (AvgIpc) is 2.53. The van der Waals surface area contributed by atoms with Gasteiger partial charge in [0.1, 0.15) is 5.75 Å². The van der Waals surface area contributed by atoms with Crippen LogP contribution < -0.4 is 0 Å². The lowest BCUT2D eigenvalue weighted by atomic mass is 9.86. The second kappa shape index (κ2) is 11.3. The molecule has 0 fully saturated rings. The Morgan fingerprint density at radius 1 is 1.04 bits per heavy atom. The third-order valence-electron chi connectivity index (χ3n) is 3.99. The van der Waals surface area contributed by atoms with Gasteiger partial charge in [0, 0.05) is 17.3 Å². The fourth-order valence-corrected chi connectivity index (χ4v) is 2.84. The smallest absolute Gasteiger partial charge is 0.119 e. The lowest BCUT2D eigenvalue weighted by Crippen LogP contribution is -2.02. The summed E-state index contributed by atoms with van der Waals surface area (Å²) in [5.74, 6) is 0.747. The minimum atomic E-state index is 0. The Morgan fingerprint density at radius 2 is 1.83 bits per heavy atom. The number of halogens is 2. The maximum absolute atomic E-state index is 10.4. The summed E-state index contributed by atoms with van der Waals surface area (Å²) in [6.07, 6.45) is 7.45. The fraction of sp³-hybridized carbons (Fsp3) is 0.444. The highest BCUT2D eigenvalue weighted by molar-refractivity contribution is 5.85. The molecule has 0 saturated carbocycles. The molecule has 1 unspecified atom stereocenters. The first kappa shape index (κ1) is 21.7. The summed E-state index contributed by atoms with van der Waals surface area (Å²) in [6.45, 7) is 4.40. The van der Waals surface area contributed by atoms with Gasteiger partial charge >= 0.3 is 0 Å². The zero-order valence-electron chi connectivity index (χ0n) is 13.7. The fourth-order valence-electron chi connectivity index (χ4n) is 2.84. The summed E-state index contributed by atoms with van der Waals surface area (Å²) in [4.78, 5) is 0. The molecule has 1 heterocycles. The summed E-state index contributed by atoms with van der Waals surface area (Å²) in [5, 5.41) is 18.5. The Hall–Kier alpha value is -1.32. The van der Waals surface area contributed by atoms with Crippen molar-refractivity contribution in [3.05, 3.63) is 42.1 Å². The van der Waals surface area contributed by atoms with Crippen LogP contribution in [0, 0.1) is 0 Å². The number of unbranched alkanes of at least 4 members (excludes halogenated alkanes) is 2. The summed E-state index contributed by atoms with van der Waals surface area (Å²) in [6, 6.07) is 9.51. The highest BCUT2D eigenvalue weighted by Crippen LogP contribution is 2.38. The molecule has 0 spiro atoms. The number of rotatable bonds is 7. The van der Waals surface area contributed by atoms with Crippen LogP contribution in [0.1, 0.15) is 57.4 Å². The molecule has 0 radical (unpaired) electrons. The second-order valence-electron chi connectivity index (χ2n) is 5.45. The van der Waals surface area contributed by atoms with Gasteiger partial charge in [-0.05, 0) is 37.0 Å². The van der Waals surface area contributed by atoms with Crippen molar-refractivity contribution >= 4 is 24.8 Å². The highest BCUT2D eigenvalue weighted by Gasteiger charge is 2.19. The number of benzene rings is 1. The number of phenols is 1. The minimum absolute atomic E-state index is 0. The van der Waals surface area contributed by atoms with Crippen LogP contribution in [0.15, 0.2) is 36.5 Å². The predicted octanol–water partition coefficient (Wildman–Crippen LogP) is 5.77. The molecule has 23 heavy (non-hydrogen) atoms. The molecular weight excluding hydrogens is 331 g/mol. The number of nitrogens with zero attached hydrogens (tertiary/aromatic N) is 2. The van der Waals surface area contributed by atoms with Crippen molar-refractivity contribution in [2.24, 2.45) is 0 Å². The monoisotopic (exact) mass is 356 g/mol. The SMILES string of the molecule is CCCCCC(CC)c1c(O)cccc1-c1cccnn1.Cl.Cl. The molecule has 1 atom stereocenters. The predicted molar refractivity (Wildman–Crippen MR) is 101 cm³/mol. The Morgan fingerprint density at radius 3 is 2.43 bits per heavy atom. The lowest BCUT2D eigenvalue weighted by molar-refractivity contribution is 0.452. The van der Waals surface area contributed by atoms with Gasteiger partial charge in [0.25, 0.3) is 0 Å². The van der Waals surface area contributed by atoms with Gasteiger partial charge in [-0.15, -0.1) is 24.8 Å². The molecule has 1 aromatic carbocycles. The van der Waals surface area contributed by atoms with Gasteiger partial charge in [0.15, 0.2) is 0 Å². The standard InChI is InChI=1S/C18H24N2O.2ClH/c1-3-5-6-9-14(4-2)18-15(10-7-12-17(18)21)16-11-8-13-19-20-16;;/h7-8,10-14,21H,3-6,9H2,1-2H3;2*1H. The summed E-state index contributed by atoms with van der Waals surface area (Å²) < 4.78 is 0. The molecule has 0 aliphatic rings. The molecule has 0 aliphatic carbocycles. The first-order chi connectivity index (χ1) is 10.3. The molecule has 1 aromatic heterocycles. The van der Waals surface area contributed by atoms with E-state index in [-0.39, 0.29) is 24.8 Å². The third-order valence-corrected chi connectivity index (χ3v) is 3.99. The molecule has 2 rings (SSSR count). The normalized spacial score (nSPS) is 11.2. The Labute approximate surface area is 151 Å². The Balaban J connectivity index is 0.00000242. The maximum atomic E-state index is 10.4. The lowest BCUT2D eigenvalue weighted by Gasteiger charge is -2.20. The molecule has 0 saturated heterocycles. The number of aromatic hydroxyl groups is 1. The van der Waals surface area contributed by atoms with Gasteiger partial charge in [-0.2, -0.15) is 10.2 Å². The van der Waals surface area contributed by atoms with E-state index >= 15 is 0 Å². The van der Waals surface area contributed by atoms with E-state index in [1.807, 2.05) is 24.3 Å². The third kappa shape index (κ3) is 5.67. The van der Waals surface area contributed by atoms with Crippen LogP contribution in [-0.4, -0.2) is 15.3 Å². The van der Waals surface area contributed by atoms with Crippen LogP contribution >= 0.6 is 24.8 Å². The van der Waals surface area contributed by atoms with Gasteiger partial charge in [-0.25, -0.2) is 0 Å². The van der Waals surface area contributed by atoms with Crippen molar-refractivity contribution in [2.75, 3.05) is 0 Å². The molecule has 5 heteroatoms. The second-order valence-corrected chi connectivity index (χ2v) is 5.45. The minimum Gasteiger partial charge on any atom is -0.508 e. The molecule has 128 valence electrons. The van der Waals surface area contributed by atoms with Crippen molar-refractivity contribution in [1.29, 1.82) is 0 Å². The quantitative estimate of drug-likeness (QED) is 0.640. The first-order valence-corrected chi connectivity index (χ1v) is 7.87. The van der Waals surface area contributed by atoms with Gasteiger partial charge in [0.05, 0.1) is 5.69 Å². The maximum Gasteiger partial charge on any atom is 0.119 e. The van der Waals surface area contributed by atoms with Crippen LogP contribution in [0.25, 0.3) is 11.3 Å². The van der Waals surface area contributed by atoms with Crippen molar-refractivity contribution in [3.8, 4) is 17.0 Å². The molecule has 1 N–H and O–H groups in total. The molecule has 0 bridgehead atoms. The molecule has 2 aromatic rings. The van der Waals surface area contributed by atoms with Gasteiger partial charge in [-0.1, -0.05) is 45.2 Å². The van der Waals surface area contributed by atoms with E-state index < -0.39 is 0 Å². The van der Waals surface area contributed by atoms with Crippen molar-refractivity contribution in [3.63, 3.8) is 0 Å². The number of hydrogen-bond donors (Lipinski definition) is 1. The van der Waals surface area contributed by atoms with Crippen LogP contribution in [0.5, 0.6) is 5.75 Å². The molecule has 3 nitrogen and oxygen atoms in total. The van der Waals surface area contributed by atoms with Crippen molar-refractivity contribution in [1.82, 2.24) is 10.2 Å². The molecule has 0 aliphatic heterocycles. The van der Waals surface area contributed by atoms with E-state index in [1.54, 1.807) is 12.3 Å². The van der Waals surface area contributed by atoms with Crippen LogP contribution in [0.2, 0.25) is 0 Å². The van der Waals surface area contributed by atoms with Gasteiger partial charge in [-0.3, -0.25) is 0 Å². The zero-order valence-corrected chi connectivity index (χ0v) is 15.4. The van der Waals surface area contributed by atoms with Gasteiger partial charge < -0.3 is 5.11 Å². The van der Waals surface area contributed by atoms with E-state index in [1.165, 1.54) is 19.3 Å². The summed E-state index contributed by atoms with van der Waals surface area (Å²) in [5.41, 5.74) is 2.86. The Bertz CT molecular complexity index is 564. The van der Waals surface area contributed by atoms with E-state index in [4.69, 9.17) is 0 Å². The van der Waals surface area contributed by atoms with E-state index in [0.717, 1.165) is 29.7 Å². The van der Waals surface area contributed by atoms with E-state index in [2.05, 4.69) is 24.0 Å². The van der Waals surface area contributed by atoms with Crippen molar-refractivity contribution in [2.45, 2.75) is 51.9 Å². The van der Waals surface area contributed by atoms with E-state index in [0.29, 0.717) is 11.7 Å². The zero-order chi connectivity index (χ0) is 15.1. The van der Waals surface area contributed by atoms with Gasteiger partial charge in [0.2, 0.25) is 0 Å².